The van der Waals surface area contributed by atoms with Crippen LogP contribution in [0.3, 0.4) is 0 Å². The highest BCUT2D eigenvalue weighted by molar-refractivity contribution is 7.92. The first kappa shape index (κ1) is 29.7. The molecule has 0 fully saturated rings. The summed E-state index contributed by atoms with van der Waals surface area (Å²) >= 11 is 0. The predicted molar refractivity (Wildman–Crippen MR) is 153 cm³/mol. The molecule has 3 aromatic rings. The first-order valence-corrected chi connectivity index (χ1v) is 14.4. The number of rotatable bonds is 12. The number of hydrogen-bond acceptors (Lipinski definition) is 5. The van der Waals surface area contributed by atoms with E-state index in [-0.39, 0.29) is 23.4 Å². The van der Waals surface area contributed by atoms with Gasteiger partial charge in [0, 0.05) is 12.6 Å². The van der Waals surface area contributed by atoms with Crippen molar-refractivity contribution in [2.24, 2.45) is 0 Å². The lowest BCUT2D eigenvalue weighted by atomic mass is 10.1. The third kappa shape index (κ3) is 7.60. The topological polar surface area (TPSA) is 96.0 Å². The van der Waals surface area contributed by atoms with Crippen LogP contribution in [0.4, 0.5) is 5.69 Å². The lowest BCUT2D eigenvalue weighted by Gasteiger charge is -2.32. The summed E-state index contributed by atoms with van der Waals surface area (Å²) in [4.78, 5) is 28.5. The van der Waals surface area contributed by atoms with Crippen molar-refractivity contribution in [3.05, 3.63) is 90.0 Å². The van der Waals surface area contributed by atoms with Crippen molar-refractivity contribution in [3.8, 4) is 5.75 Å². The highest BCUT2D eigenvalue weighted by Crippen LogP contribution is 2.25. The van der Waals surface area contributed by atoms with E-state index in [1.807, 2.05) is 26.8 Å². The molecule has 0 aromatic heterocycles. The van der Waals surface area contributed by atoms with Crippen LogP contribution in [0, 0.1) is 6.92 Å². The Morgan fingerprint density at radius 1 is 0.949 bits per heavy atom. The van der Waals surface area contributed by atoms with Crippen LogP contribution in [0.5, 0.6) is 5.75 Å². The smallest absolute Gasteiger partial charge is 0.264 e. The van der Waals surface area contributed by atoms with Gasteiger partial charge in [-0.1, -0.05) is 55.0 Å². The fourth-order valence-electron chi connectivity index (χ4n) is 3.98. The zero-order valence-corrected chi connectivity index (χ0v) is 23.9. The quantitative estimate of drug-likeness (QED) is 0.357. The molecule has 3 rings (SSSR count). The Balaban J connectivity index is 2.01. The van der Waals surface area contributed by atoms with Crippen LogP contribution >= 0.6 is 0 Å². The van der Waals surface area contributed by atoms with Crippen molar-refractivity contribution in [1.29, 1.82) is 0 Å². The molecule has 0 unspecified atom stereocenters. The number of nitrogens with zero attached hydrogens (tertiary/aromatic N) is 2. The average Bonchev–Trinajstić information content (AvgIpc) is 2.95. The normalized spacial score (nSPS) is 12.7. The molecule has 2 atom stereocenters. The molecule has 0 spiro atoms. The number of carbonyl (C=O) groups excluding carboxylic acids is 2. The van der Waals surface area contributed by atoms with E-state index in [1.165, 1.54) is 17.0 Å². The molecular weight excluding hydrogens is 514 g/mol. The maximum atomic E-state index is 13.9. The minimum absolute atomic E-state index is 0.0697. The summed E-state index contributed by atoms with van der Waals surface area (Å²) in [6.45, 7) is 7.02. The van der Waals surface area contributed by atoms with E-state index in [0.29, 0.717) is 11.4 Å². The van der Waals surface area contributed by atoms with Gasteiger partial charge < -0.3 is 15.0 Å². The molecule has 2 amide bonds. The number of ether oxygens (including phenoxy) is 1. The van der Waals surface area contributed by atoms with Crippen LogP contribution in [-0.2, 0) is 26.2 Å². The molecule has 0 radical (unpaired) electrons. The number of hydrogen-bond donors (Lipinski definition) is 1. The van der Waals surface area contributed by atoms with Crippen LogP contribution in [-0.4, -0.2) is 50.9 Å². The Morgan fingerprint density at radius 2 is 1.62 bits per heavy atom. The van der Waals surface area contributed by atoms with Gasteiger partial charge in [0.15, 0.2) is 0 Å². The zero-order chi connectivity index (χ0) is 28.6. The van der Waals surface area contributed by atoms with Crippen molar-refractivity contribution in [2.45, 2.75) is 57.6 Å². The Morgan fingerprint density at radius 3 is 2.23 bits per heavy atom. The second kappa shape index (κ2) is 13.3. The molecule has 0 saturated carbocycles. The number of amides is 2. The fourth-order valence-corrected chi connectivity index (χ4v) is 5.41. The molecule has 8 nitrogen and oxygen atoms in total. The molecule has 0 bridgehead atoms. The number of aryl methyl sites for hydroxylation is 1. The number of anilines is 1. The Bertz CT molecular complexity index is 1360. The van der Waals surface area contributed by atoms with E-state index in [1.54, 1.807) is 74.7 Å². The third-order valence-corrected chi connectivity index (χ3v) is 8.38. The number of sulfonamides is 1. The maximum Gasteiger partial charge on any atom is 0.264 e. The molecule has 0 heterocycles. The summed E-state index contributed by atoms with van der Waals surface area (Å²) in [5.41, 5.74) is 2.06. The summed E-state index contributed by atoms with van der Waals surface area (Å²) in [5.74, 6) is -0.206. The van der Waals surface area contributed by atoms with Gasteiger partial charge in [-0.3, -0.25) is 13.9 Å². The molecule has 0 aliphatic rings. The van der Waals surface area contributed by atoms with Gasteiger partial charge in [0.05, 0.1) is 17.7 Å². The Labute approximate surface area is 231 Å². The van der Waals surface area contributed by atoms with Crippen molar-refractivity contribution in [2.75, 3.05) is 18.0 Å². The van der Waals surface area contributed by atoms with Crippen LogP contribution < -0.4 is 14.4 Å². The van der Waals surface area contributed by atoms with Gasteiger partial charge in [-0.15, -0.1) is 0 Å². The van der Waals surface area contributed by atoms with Gasteiger partial charge in [0.2, 0.25) is 11.8 Å². The second-order valence-electron chi connectivity index (χ2n) is 9.53. The van der Waals surface area contributed by atoms with Gasteiger partial charge >= 0.3 is 0 Å². The lowest BCUT2D eigenvalue weighted by molar-refractivity contribution is -0.139. The van der Waals surface area contributed by atoms with Gasteiger partial charge in [-0.05, 0) is 69.2 Å². The molecule has 9 heteroatoms. The maximum absolute atomic E-state index is 13.9. The SMILES string of the molecule is CC[C@@H](C)NC(=O)[C@H](C)N(Cc1cccc(OC)c1)C(=O)CN(c1ccc(C)cc1)S(=O)(=O)c1ccccc1. The lowest BCUT2D eigenvalue weighted by Crippen LogP contribution is -2.52. The second-order valence-corrected chi connectivity index (χ2v) is 11.4. The van der Waals surface area contributed by atoms with Crippen molar-refractivity contribution < 1.29 is 22.7 Å². The summed E-state index contributed by atoms with van der Waals surface area (Å²) in [7, 11) is -2.53. The molecule has 208 valence electrons. The Kier molecular flexibility index (Phi) is 10.1. The molecular formula is C30H37N3O5S. The number of nitrogens with one attached hydrogen (secondary N) is 1. The molecule has 0 saturated heterocycles. The van der Waals surface area contributed by atoms with Crippen LogP contribution in [0.25, 0.3) is 0 Å². The molecule has 3 aromatic carbocycles. The number of benzene rings is 3. The molecule has 0 aliphatic heterocycles. The van der Waals surface area contributed by atoms with E-state index in [4.69, 9.17) is 4.74 Å². The van der Waals surface area contributed by atoms with Gasteiger partial charge in [-0.25, -0.2) is 8.42 Å². The monoisotopic (exact) mass is 551 g/mol. The summed E-state index contributed by atoms with van der Waals surface area (Å²) in [5, 5.41) is 2.93. The molecule has 1 N–H and O–H groups in total. The van der Waals surface area contributed by atoms with Crippen molar-refractivity contribution in [3.63, 3.8) is 0 Å². The minimum Gasteiger partial charge on any atom is -0.497 e. The van der Waals surface area contributed by atoms with Crippen LogP contribution in [0.1, 0.15) is 38.3 Å². The summed E-state index contributed by atoms with van der Waals surface area (Å²) in [6, 6.07) is 21.2. The first-order valence-electron chi connectivity index (χ1n) is 12.9. The first-order chi connectivity index (χ1) is 18.6. The fraction of sp³-hybridized carbons (Fsp3) is 0.333. The zero-order valence-electron chi connectivity index (χ0n) is 23.1. The standard InChI is InChI=1S/C30H37N3O5S/c1-6-23(3)31-30(35)24(4)32(20-25-11-10-12-27(19-25)38-5)29(34)21-33(26-17-15-22(2)16-18-26)39(36,37)28-13-8-7-9-14-28/h7-19,23-24H,6,20-21H2,1-5H3,(H,31,35)/t23-,24+/m1/s1. The van der Waals surface area contributed by atoms with E-state index in [2.05, 4.69) is 5.32 Å². The highest BCUT2D eigenvalue weighted by Gasteiger charge is 2.32. The molecule has 39 heavy (non-hydrogen) atoms. The van der Waals surface area contributed by atoms with Crippen LogP contribution in [0.2, 0.25) is 0 Å². The summed E-state index contributed by atoms with van der Waals surface area (Å²) in [6.07, 6.45) is 0.735. The van der Waals surface area contributed by atoms with Crippen LogP contribution in [0.15, 0.2) is 83.8 Å². The number of carbonyl (C=O) groups is 2. The van der Waals surface area contributed by atoms with E-state index >= 15 is 0 Å². The van der Waals surface area contributed by atoms with Gasteiger partial charge in [0.25, 0.3) is 10.0 Å². The highest BCUT2D eigenvalue weighted by atomic mass is 32.2. The largest absolute Gasteiger partial charge is 0.497 e. The van der Waals surface area contributed by atoms with Crippen molar-refractivity contribution in [1.82, 2.24) is 10.2 Å². The van der Waals surface area contributed by atoms with Gasteiger partial charge in [-0.2, -0.15) is 0 Å². The van der Waals surface area contributed by atoms with E-state index in [9.17, 15) is 18.0 Å². The summed E-state index contributed by atoms with van der Waals surface area (Å²) < 4.78 is 34.0. The Hall–Kier alpha value is -3.85. The van der Waals surface area contributed by atoms with Gasteiger partial charge in [0.1, 0.15) is 18.3 Å². The van der Waals surface area contributed by atoms with E-state index < -0.39 is 28.5 Å². The van der Waals surface area contributed by atoms with E-state index in [0.717, 1.165) is 21.9 Å². The molecule has 0 aliphatic carbocycles. The van der Waals surface area contributed by atoms with Crippen molar-refractivity contribution >= 4 is 27.5 Å². The minimum atomic E-state index is -4.08. The third-order valence-electron chi connectivity index (χ3n) is 6.59. The average molecular weight is 552 g/mol. The predicted octanol–water partition coefficient (Wildman–Crippen LogP) is 4.53. The number of methoxy groups -OCH3 is 1.